The number of alkyl halides is 3. The average molecular weight is 1340 g/mol. The molecule has 0 bridgehead atoms. The first-order valence-corrected chi connectivity index (χ1v) is 30.6. The van der Waals surface area contributed by atoms with Crippen LogP contribution < -0.4 is 50.1 Å². The van der Waals surface area contributed by atoms with Gasteiger partial charge in [-0.2, -0.15) is 15.0 Å². The molecule has 6 aromatic rings. The van der Waals surface area contributed by atoms with Crippen molar-refractivity contribution in [3.63, 3.8) is 0 Å². The fourth-order valence-corrected chi connectivity index (χ4v) is 10.8. The number of carbonyl (C=O) groups is 5. The Hall–Kier alpha value is -8.81. The van der Waals surface area contributed by atoms with E-state index in [1.165, 1.54) is 41.4 Å². The number of aromatic nitrogens is 12. The van der Waals surface area contributed by atoms with Crippen LogP contribution in [0.3, 0.4) is 0 Å². The van der Waals surface area contributed by atoms with Crippen LogP contribution in [0.15, 0.2) is 28.8 Å². The highest BCUT2D eigenvalue weighted by atomic mass is 19.1. The number of H-pyrrole nitrogens is 4. The number of nitrogens with two attached hydrogens (primary N) is 1. The molecule has 9 heterocycles. The minimum absolute atomic E-state index is 0.0184. The zero-order valence-electron chi connectivity index (χ0n) is 54.1. The number of nitrogen functional groups attached to an aromatic ring is 1. The van der Waals surface area contributed by atoms with Crippen molar-refractivity contribution in [1.82, 2.24) is 57.7 Å². The van der Waals surface area contributed by atoms with Gasteiger partial charge in [0.15, 0.2) is 76.7 Å². The van der Waals surface area contributed by atoms with Crippen LogP contribution in [0, 0.1) is 11.8 Å². The number of carbonyl (C=O) groups excluding carboxylic acids is 5. The van der Waals surface area contributed by atoms with Crippen molar-refractivity contribution in [1.29, 1.82) is 0 Å². The lowest BCUT2D eigenvalue weighted by Gasteiger charge is -2.20. The van der Waals surface area contributed by atoms with Gasteiger partial charge in [-0.1, -0.05) is 68.2 Å². The minimum Gasteiger partial charge on any atom is -0.454 e. The van der Waals surface area contributed by atoms with Crippen LogP contribution in [0.1, 0.15) is 141 Å². The molecule has 3 fully saturated rings. The number of aromatic amines is 4. The van der Waals surface area contributed by atoms with Gasteiger partial charge < -0.3 is 44.4 Å². The number of halogens is 3. The number of nitrogens with one attached hydrogen (secondary N) is 6. The van der Waals surface area contributed by atoms with E-state index in [9.17, 15) is 71.7 Å². The van der Waals surface area contributed by atoms with E-state index >= 15 is 4.39 Å². The Morgan fingerprint density at radius 3 is 1.49 bits per heavy atom. The standard InChI is InChI=1S/C20H28FN5O6.C15H22FN5O5.C12H19FO5.C10H13N5O3/c1-6-8-25-13-16(23-19(22-10(4)27)24-17(13)29)26(20(25)30)18-15(31-11(5)28)12(21)14(32-18)9(3)7-2;1-3-5-20-8-11(18-14(17)19-12(8)24)21(15(20)25)13-9(23)7(16)10(26-13)6(22)4-2;1-5-6(2)10-9(13)11(16-7(3)14)12(18-10)17-8(4)15;1-3-4-15-6-7(13-10(15)18)12-9(11-5(2)16)14-8(6)17/h9,12,14-15,18H,6-8H2,1-5H3,(H2,22,23,24,27,29);6-7,9-10,13,22-23H,3-5H2,1-2H3,(H3,17,18,19,24);6,9-12H,5H2,1-4H3;3-4H2,1-2H3,(H3,11,12,13,14,16,17,18)/t9-,12-,14+,15+,18+;6-,7+,9+,10+,13+;6-,9-,10+,11+,12?;/m000./s1. The quantitative estimate of drug-likeness (QED) is 0.0414. The van der Waals surface area contributed by atoms with E-state index in [1.807, 2.05) is 41.5 Å². The molecule has 3 saturated heterocycles. The Morgan fingerprint density at radius 1 is 0.564 bits per heavy atom. The van der Waals surface area contributed by atoms with Crippen molar-refractivity contribution in [2.45, 2.75) is 228 Å². The molecule has 10 N–H and O–H groups in total. The Morgan fingerprint density at radius 2 is 1.00 bits per heavy atom. The molecule has 3 aliphatic heterocycles. The maximum atomic E-state index is 15.3. The number of rotatable bonds is 19. The summed E-state index contributed by atoms with van der Waals surface area (Å²) in [6, 6.07) is 0. The number of aliphatic hydroxyl groups excluding tert-OH is 2. The molecule has 94 heavy (non-hydrogen) atoms. The number of anilines is 3. The van der Waals surface area contributed by atoms with Crippen LogP contribution in [0.5, 0.6) is 0 Å². The van der Waals surface area contributed by atoms with E-state index < -0.39 is 132 Å². The molecule has 34 nitrogen and oxygen atoms in total. The predicted molar refractivity (Wildman–Crippen MR) is 329 cm³/mol. The summed E-state index contributed by atoms with van der Waals surface area (Å²) in [5.74, 6) is -3.46. The van der Waals surface area contributed by atoms with Gasteiger partial charge in [-0.05, 0) is 37.5 Å². The number of ether oxygens (including phenoxy) is 6. The molecule has 0 aromatic carbocycles. The average Bonchev–Trinajstić information content (AvgIpc) is 1.59. The molecule has 0 aliphatic carbocycles. The lowest BCUT2D eigenvalue weighted by molar-refractivity contribution is -0.196. The summed E-state index contributed by atoms with van der Waals surface area (Å²) in [6.07, 6.45) is -14.1. The number of amides is 2. The third-order valence-corrected chi connectivity index (χ3v) is 15.4. The third kappa shape index (κ3) is 16.2. The molecule has 0 radical (unpaired) electrons. The molecule has 15 atom stereocenters. The summed E-state index contributed by atoms with van der Waals surface area (Å²) >= 11 is 0. The fourth-order valence-electron chi connectivity index (χ4n) is 10.8. The van der Waals surface area contributed by atoms with Crippen LogP contribution >= 0.6 is 0 Å². The molecular formula is C57H82F3N15O19. The summed E-state index contributed by atoms with van der Waals surface area (Å²) in [5.41, 5.74) is 2.21. The number of aryl methyl sites for hydroxylation is 3. The van der Waals surface area contributed by atoms with E-state index in [-0.39, 0.29) is 94.3 Å². The van der Waals surface area contributed by atoms with E-state index in [2.05, 4.69) is 45.5 Å². The second-order valence-electron chi connectivity index (χ2n) is 22.7. The molecule has 0 spiro atoms. The fraction of sp³-hybridized carbons (Fsp3) is 0.649. The number of fused-ring (bicyclic) bond motifs is 3. The minimum atomic E-state index is -1.90. The molecule has 0 saturated carbocycles. The van der Waals surface area contributed by atoms with Gasteiger partial charge in [0.25, 0.3) is 16.7 Å². The van der Waals surface area contributed by atoms with E-state index in [0.29, 0.717) is 32.2 Å². The lowest BCUT2D eigenvalue weighted by atomic mass is 9.97. The Balaban J connectivity index is 0.000000205. The highest BCUT2D eigenvalue weighted by Crippen LogP contribution is 2.39. The van der Waals surface area contributed by atoms with Crippen molar-refractivity contribution in [2.75, 3.05) is 16.4 Å². The third-order valence-electron chi connectivity index (χ3n) is 15.4. The Bertz CT molecular complexity index is 4080. The number of imidazole rings is 3. The predicted octanol–water partition coefficient (Wildman–Crippen LogP) is 2.09. The van der Waals surface area contributed by atoms with Crippen LogP contribution in [-0.2, 0) is 72.0 Å². The zero-order valence-corrected chi connectivity index (χ0v) is 54.1. The van der Waals surface area contributed by atoms with Crippen LogP contribution in [0.4, 0.5) is 31.0 Å². The molecule has 9 rings (SSSR count). The SMILES string of the molecule is CCCn1c(=O)[nH]c2nc(NC(C)=O)[nH]c(=O)c21.CCCn1c(=O)n([C@@H]2O[C@H]([C@@H](C)CC)[C@H](F)[C@H]2OC(C)=O)c2nc(NC(C)=O)[nH]c(=O)c21.CCCn1c(=O)n([C@@H]2O[C@H]([C@@H](O)CC)[C@H](F)[C@H]2O)c2nc(N)[nH]c(=O)c21.CC[C@H](C)[C@H]1OC(OC(C)=O)[C@H](OC(C)=O)[C@H]1F. The largest absolute Gasteiger partial charge is 0.454 e. The van der Waals surface area contributed by atoms with Crippen molar-refractivity contribution in [3.05, 3.63) is 62.5 Å². The first-order chi connectivity index (χ1) is 44.3. The van der Waals surface area contributed by atoms with Crippen molar-refractivity contribution < 1.29 is 75.8 Å². The van der Waals surface area contributed by atoms with Gasteiger partial charge in [-0.15, -0.1) is 0 Å². The summed E-state index contributed by atoms with van der Waals surface area (Å²) in [4.78, 5) is 152. The van der Waals surface area contributed by atoms with Crippen molar-refractivity contribution in [3.8, 4) is 0 Å². The van der Waals surface area contributed by atoms with Gasteiger partial charge in [-0.3, -0.25) is 82.6 Å². The van der Waals surface area contributed by atoms with Gasteiger partial charge >= 0.3 is 35.0 Å². The molecule has 1 unspecified atom stereocenters. The normalized spacial score (nSPS) is 24.1. The highest BCUT2D eigenvalue weighted by molar-refractivity contribution is 5.88. The van der Waals surface area contributed by atoms with Gasteiger partial charge in [-0.25, -0.2) is 36.7 Å². The van der Waals surface area contributed by atoms with Crippen LogP contribution in [0.2, 0.25) is 0 Å². The molecular weight excluding hydrogens is 1260 g/mol. The van der Waals surface area contributed by atoms with E-state index in [0.717, 1.165) is 22.5 Å². The topological polar surface area (TPSA) is 460 Å². The monoisotopic (exact) mass is 1340 g/mol. The van der Waals surface area contributed by atoms with Crippen molar-refractivity contribution in [2.24, 2.45) is 11.8 Å². The molecule has 3 aliphatic rings. The lowest BCUT2D eigenvalue weighted by Crippen LogP contribution is -2.37. The van der Waals surface area contributed by atoms with E-state index in [4.69, 9.17) is 34.2 Å². The number of esters is 3. The highest BCUT2D eigenvalue weighted by Gasteiger charge is 2.53. The second kappa shape index (κ2) is 31.9. The first-order valence-electron chi connectivity index (χ1n) is 30.6. The van der Waals surface area contributed by atoms with Crippen molar-refractivity contribution >= 4 is 81.1 Å². The van der Waals surface area contributed by atoms with Gasteiger partial charge in [0.1, 0.15) is 12.2 Å². The maximum Gasteiger partial charge on any atom is 0.332 e. The van der Waals surface area contributed by atoms with Gasteiger partial charge in [0, 0.05) is 54.3 Å². The smallest absolute Gasteiger partial charge is 0.332 e. The van der Waals surface area contributed by atoms with Crippen LogP contribution in [0.25, 0.3) is 33.5 Å². The summed E-state index contributed by atoms with van der Waals surface area (Å²) in [6.45, 7) is 21.5. The maximum absolute atomic E-state index is 15.3. The van der Waals surface area contributed by atoms with Gasteiger partial charge in [0.05, 0.1) is 18.3 Å². The molecule has 6 aromatic heterocycles. The number of hydrogen-bond donors (Lipinski definition) is 9. The van der Waals surface area contributed by atoms with Gasteiger partial charge in [0.2, 0.25) is 35.9 Å². The number of nitrogens with zero attached hydrogens (tertiary/aromatic N) is 8. The number of hydrogen-bond acceptors (Lipinski definition) is 23. The summed E-state index contributed by atoms with van der Waals surface area (Å²) in [7, 11) is 0. The molecule has 2 amide bonds. The summed E-state index contributed by atoms with van der Waals surface area (Å²) < 4.78 is 81.3. The zero-order chi connectivity index (χ0) is 70.1. The molecule has 37 heteroatoms. The van der Waals surface area contributed by atoms with Crippen LogP contribution in [-0.4, -0.2) is 165 Å². The Labute approximate surface area is 532 Å². The molecule has 520 valence electrons. The Kier molecular flexibility index (Phi) is 25.2. The first kappa shape index (κ1) is 74.2. The second-order valence-corrected chi connectivity index (χ2v) is 22.7. The summed E-state index contributed by atoms with van der Waals surface area (Å²) in [5, 5.41) is 24.9. The van der Waals surface area contributed by atoms with E-state index in [1.54, 1.807) is 13.8 Å². The number of aliphatic hydroxyl groups is 2.